The molecule has 1 aliphatic rings. The van der Waals surface area contributed by atoms with Crippen molar-refractivity contribution < 1.29 is 22.8 Å². The van der Waals surface area contributed by atoms with Gasteiger partial charge in [-0.25, -0.2) is 13.2 Å². The monoisotopic (exact) mass is 382 g/mol. The van der Waals surface area contributed by atoms with Gasteiger partial charge in [-0.1, -0.05) is 11.6 Å². The molecule has 0 atom stereocenters. The van der Waals surface area contributed by atoms with Crippen molar-refractivity contribution in [2.45, 2.75) is 0 Å². The van der Waals surface area contributed by atoms with Crippen LogP contribution < -0.4 is 0 Å². The van der Waals surface area contributed by atoms with E-state index in [0.29, 0.717) is 0 Å². The second kappa shape index (κ2) is 7.37. The van der Waals surface area contributed by atoms with Crippen LogP contribution in [-0.4, -0.2) is 47.8 Å². The summed E-state index contributed by atoms with van der Waals surface area (Å²) >= 11 is 5.80. The van der Waals surface area contributed by atoms with E-state index in [-0.39, 0.29) is 42.3 Å². The van der Waals surface area contributed by atoms with Gasteiger partial charge in [0.15, 0.2) is 0 Å². The first-order valence-electron chi connectivity index (χ1n) is 7.85. The highest BCUT2D eigenvalue weighted by Crippen LogP contribution is 2.19. The summed E-state index contributed by atoms with van der Waals surface area (Å²) in [7, 11) is 0. The van der Waals surface area contributed by atoms with Crippen LogP contribution in [-0.2, 0) is 0 Å². The summed E-state index contributed by atoms with van der Waals surface area (Å²) in [5, 5.41) is 0.241. The van der Waals surface area contributed by atoms with E-state index in [1.807, 2.05) is 0 Å². The second-order valence-electron chi connectivity index (χ2n) is 5.83. The Hall–Kier alpha value is -2.54. The highest BCUT2D eigenvalue weighted by Gasteiger charge is 2.28. The molecule has 1 heterocycles. The average Bonchev–Trinajstić information content (AvgIpc) is 2.64. The van der Waals surface area contributed by atoms with Gasteiger partial charge >= 0.3 is 0 Å². The lowest BCUT2D eigenvalue weighted by Gasteiger charge is -2.35. The van der Waals surface area contributed by atoms with Crippen LogP contribution >= 0.6 is 11.6 Å². The van der Waals surface area contributed by atoms with Crippen LogP contribution in [0.4, 0.5) is 13.2 Å². The van der Waals surface area contributed by atoms with E-state index < -0.39 is 29.3 Å². The molecule has 8 heteroatoms. The fourth-order valence-electron chi connectivity index (χ4n) is 2.78. The molecule has 4 nitrogen and oxygen atoms in total. The fraction of sp³-hybridized carbons (Fsp3) is 0.222. The molecule has 26 heavy (non-hydrogen) atoms. The Balaban J connectivity index is 1.69. The van der Waals surface area contributed by atoms with E-state index in [4.69, 9.17) is 11.6 Å². The topological polar surface area (TPSA) is 40.6 Å². The van der Waals surface area contributed by atoms with E-state index in [1.54, 1.807) is 0 Å². The van der Waals surface area contributed by atoms with Crippen LogP contribution in [0.1, 0.15) is 20.7 Å². The number of benzene rings is 2. The molecule has 0 spiro atoms. The van der Waals surface area contributed by atoms with Crippen molar-refractivity contribution in [3.05, 3.63) is 70.0 Å². The normalized spacial score (nSPS) is 14.5. The number of hydrogen-bond donors (Lipinski definition) is 0. The lowest BCUT2D eigenvalue weighted by atomic mass is 10.1. The van der Waals surface area contributed by atoms with Crippen LogP contribution in [0.25, 0.3) is 0 Å². The van der Waals surface area contributed by atoms with E-state index >= 15 is 0 Å². The summed E-state index contributed by atoms with van der Waals surface area (Å²) in [6.45, 7) is 0.548. The van der Waals surface area contributed by atoms with Crippen molar-refractivity contribution in [1.29, 1.82) is 0 Å². The average molecular weight is 383 g/mol. The lowest BCUT2D eigenvalue weighted by molar-refractivity contribution is 0.0530. The van der Waals surface area contributed by atoms with Gasteiger partial charge in [0.2, 0.25) is 0 Å². The number of carbonyl (C=O) groups is 2. The molecular formula is C18H14ClF3N2O2. The minimum atomic E-state index is -0.809. The zero-order chi connectivity index (χ0) is 18.8. The number of nitrogens with zero attached hydrogens (tertiary/aromatic N) is 2. The fourth-order valence-corrected chi connectivity index (χ4v) is 2.95. The smallest absolute Gasteiger partial charge is 0.257 e. The van der Waals surface area contributed by atoms with Crippen LogP contribution in [0.3, 0.4) is 0 Å². The van der Waals surface area contributed by atoms with Crippen LogP contribution in [0.5, 0.6) is 0 Å². The Morgan fingerprint density at radius 2 is 1.23 bits per heavy atom. The number of halogens is 4. The zero-order valence-corrected chi connectivity index (χ0v) is 14.3. The van der Waals surface area contributed by atoms with Gasteiger partial charge in [-0.05, 0) is 36.4 Å². The van der Waals surface area contributed by atoms with Gasteiger partial charge in [-0.15, -0.1) is 0 Å². The first-order valence-corrected chi connectivity index (χ1v) is 8.23. The molecule has 0 unspecified atom stereocenters. The van der Waals surface area contributed by atoms with Crippen molar-refractivity contribution in [3.63, 3.8) is 0 Å². The standard InChI is InChI=1S/C18H14ClF3N2O2/c19-11-1-3-15(21)13(9-11)17(25)23-5-7-24(8-6-23)18(26)14-10-12(20)2-4-16(14)22/h1-4,9-10H,5-8H2. The highest BCUT2D eigenvalue weighted by atomic mass is 35.5. The summed E-state index contributed by atoms with van der Waals surface area (Å²) in [5.74, 6) is -3.38. The number of piperazine rings is 1. The Labute approximate surface area is 152 Å². The molecule has 0 aliphatic carbocycles. The van der Waals surface area contributed by atoms with E-state index in [2.05, 4.69) is 0 Å². The van der Waals surface area contributed by atoms with Crippen molar-refractivity contribution in [3.8, 4) is 0 Å². The zero-order valence-electron chi connectivity index (χ0n) is 13.5. The SMILES string of the molecule is O=C(c1cc(F)ccc1F)N1CCN(C(=O)c2cc(Cl)ccc2F)CC1. The number of rotatable bonds is 2. The maximum Gasteiger partial charge on any atom is 0.257 e. The third-order valence-electron chi connectivity index (χ3n) is 4.17. The summed E-state index contributed by atoms with van der Waals surface area (Å²) in [4.78, 5) is 27.5. The van der Waals surface area contributed by atoms with Gasteiger partial charge in [-0.2, -0.15) is 0 Å². The van der Waals surface area contributed by atoms with E-state index in [9.17, 15) is 22.8 Å². The van der Waals surface area contributed by atoms with Crippen LogP contribution in [0.2, 0.25) is 5.02 Å². The molecule has 0 saturated carbocycles. The third-order valence-corrected chi connectivity index (χ3v) is 4.41. The Morgan fingerprint density at radius 3 is 1.77 bits per heavy atom. The van der Waals surface area contributed by atoms with Gasteiger partial charge in [-0.3, -0.25) is 9.59 Å². The first-order chi connectivity index (χ1) is 12.4. The molecule has 1 fully saturated rings. The Kier molecular flexibility index (Phi) is 5.18. The van der Waals surface area contributed by atoms with Gasteiger partial charge in [0.1, 0.15) is 17.5 Å². The molecular weight excluding hydrogens is 369 g/mol. The molecule has 2 amide bonds. The minimum Gasteiger partial charge on any atom is -0.335 e. The molecule has 1 aliphatic heterocycles. The van der Waals surface area contributed by atoms with E-state index in [0.717, 1.165) is 24.3 Å². The first kappa shape index (κ1) is 18.3. The molecule has 0 aromatic heterocycles. The Morgan fingerprint density at radius 1 is 0.769 bits per heavy atom. The molecule has 0 N–H and O–H groups in total. The van der Waals surface area contributed by atoms with Crippen LogP contribution in [0, 0.1) is 17.5 Å². The molecule has 1 saturated heterocycles. The van der Waals surface area contributed by atoms with Crippen molar-refractivity contribution >= 4 is 23.4 Å². The Bertz CT molecular complexity index is 796. The highest BCUT2D eigenvalue weighted by molar-refractivity contribution is 6.31. The van der Waals surface area contributed by atoms with Gasteiger partial charge in [0.05, 0.1) is 11.1 Å². The number of hydrogen-bond acceptors (Lipinski definition) is 2. The van der Waals surface area contributed by atoms with Gasteiger partial charge in [0.25, 0.3) is 11.8 Å². The predicted molar refractivity (Wildman–Crippen MR) is 89.6 cm³/mol. The van der Waals surface area contributed by atoms with Crippen LogP contribution in [0.15, 0.2) is 36.4 Å². The van der Waals surface area contributed by atoms with E-state index in [1.165, 1.54) is 21.9 Å². The second-order valence-corrected chi connectivity index (χ2v) is 6.27. The quantitative estimate of drug-likeness (QED) is 0.799. The molecule has 2 aromatic carbocycles. The molecule has 0 bridgehead atoms. The maximum absolute atomic E-state index is 13.8. The third kappa shape index (κ3) is 3.67. The summed E-state index contributed by atoms with van der Waals surface area (Å²) in [6, 6.07) is 6.38. The maximum atomic E-state index is 13.8. The largest absolute Gasteiger partial charge is 0.335 e. The summed E-state index contributed by atoms with van der Waals surface area (Å²) in [5.41, 5.74) is -0.501. The number of amides is 2. The molecule has 3 rings (SSSR count). The summed E-state index contributed by atoms with van der Waals surface area (Å²) < 4.78 is 40.9. The predicted octanol–water partition coefficient (Wildman–Crippen LogP) is 3.36. The van der Waals surface area contributed by atoms with Gasteiger partial charge < -0.3 is 9.80 Å². The summed E-state index contributed by atoms with van der Waals surface area (Å²) in [6.07, 6.45) is 0. The molecule has 0 radical (unpaired) electrons. The number of carbonyl (C=O) groups excluding carboxylic acids is 2. The minimum absolute atomic E-state index is 0.128. The molecule has 136 valence electrons. The lowest BCUT2D eigenvalue weighted by Crippen LogP contribution is -2.50. The van der Waals surface area contributed by atoms with Crippen molar-refractivity contribution in [2.75, 3.05) is 26.2 Å². The van der Waals surface area contributed by atoms with Gasteiger partial charge in [0, 0.05) is 31.2 Å². The molecule has 2 aromatic rings. The van der Waals surface area contributed by atoms with Crippen molar-refractivity contribution in [1.82, 2.24) is 9.80 Å². The van der Waals surface area contributed by atoms with Crippen molar-refractivity contribution in [2.24, 2.45) is 0 Å².